The van der Waals surface area contributed by atoms with Gasteiger partial charge in [0.15, 0.2) is 23.0 Å². The number of hydrogen-bond acceptors (Lipinski definition) is 8. The second kappa shape index (κ2) is 19.3. The van der Waals surface area contributed by atoms with Gasteiger partial charge in [-0.3, -0.25) is 0 Å². The van der Waals surface area contributed by atoms with Crippen molar-refractivity contribution in [2.45, 2.75) is 53.4 Å². The summed E-state index contributed by atoms with van der Waals surface area (Å²) in [5.74, 6) is 1.24. The Morgan fingerprint density at radius 2 is 0.796 bits per heavy atom. The molecule has 4 aromatic rings. The summed E-state index contributed by atoms with van der Waals surface area (Å²) in [5, 5.41) is 19.8. The van der Waals surface area contributed by atoms with Crippen molar-refractivity contribution in [3.05, 3.63) is 105 Å². The quantitative estimate of drug-likeness (QED) is 0.0952. The van der Waals surface area contributed by atoms with Gasteiger partial charge in [0.05, 0.1) is 53.8 Å². The summed E-state index contributed by atoms with van der Waals surface area (Å²) in [6.07, 6.45) is 3.26. The van der Waals surface area contributed by atoms with Crippen LogP contribution in [0.15, 0.2) is 60.7 Å². The van der Waals surface area contributed by atoms with Gasteiger partial charge in [0.1, 0.15) is 0 Å². The minimum absolute atomic E-state index is 0.197. The molecule has 0 unspecified atom stereocenters. The molecule has 0 atom stereocenters. The van der Waals surface area contributed by atoms with E-state index in [4.69, 9.17) is 28.4 Å². The second-order valence-electron chi connectivity index (χ2n) is 13.1. The predicted octanol–water partition coefficient (Wildman–Crippen LogP) is 9.54. The fourth-order valence-corrected chi connectivity index (χ4v) is 6.03. The maximum absolute atomic E-state index is 12.1. The molecule has 10 nitrogen and oxygen atoms in total. The molecule has 0 aromatic heterocycles. The number of rotatable bonds is 14. The third-order valence-electron chi connectivity index (χ3n) is 8.70. The first-order chi connectivity index (χ1) is 25.6. The third kappa shape index (κ3) is 10.2. The fourth-order valence-electron chi connectivity index (χ4n) is 6.03. The van der Waals surface area contributed by atoms with Crippen LogP contribution in [-0.2, 0) is 9.59 Å². The molecule has 288 valence electrons. The smallest absolute Gasteiger partial charge is 0.336 e. The first-order valence-electron chi connectivity index (χ1n) is 17.4. The van der Waals surface area contributed by atoms with Gasteiger partial charge >= 0.3 is 11.9 Å². The normalized spacial score (nSPS) is 11.4. The number of methoxy groups -OCH3 is 6. The molecule has 0 aliphatic carbocycles. The highest BCUT2D eigenvalue weighted by Crippen LogP contribution is 2.41. The number of aliphatic carboxylic acids is 2. The van der Waals surface area contributed by atoms with E-state index in [0.717, 1.165) is 22.3 Å². The maximum Gasteiger partial charge on any atom is 0.336 e. The average molecular weight is 741 g/mol. The molecular formula is C44H52O10. The molecule has 0 amide bonds. The summed E-state index contributed by atoms with van der Waals surface area (Å²) in [7, 11) is 9.17. The van der Waals surface area contributed by atoms with E-state index in [-0.39, 0.29) is 23.0 Å². The van der Waals surface area contributed by atoms with Crippen LogP contribution in [0.3, 0.4) is 0 Å². The molecule has 0 saturated heterocycles. The monoisotopic (exact) mass is 740 g/mol. The molecule has 0 bridgehead atoms. The number of carbonyl (C=O) groups is 2. The SMILES string of the molecule is COc1cc(/C=C(/C(=O)O)c2cc(C)ccc2C(C)C)cc(OC)c1OC.COc1cc(/C=C(/C(=O)O)c2cc(C)ccc2C(C)C)cc(OC)c1OC. The minimum atomic E-state index is -0.990. The lowest BCUT2D eigenvalue weighted by atomic mass is 9.90. The van der Waals surface area contributed by atoms with Crippen LogP contribution in [0.4, 0.5) is 0 Å². The van der Waals surface area contributed by atoms with Crippen molar-refractivity contribution in [3.8, 4) is 34.5 Å². The second-order valence-corrected chi connectivity index (χ2v) is 13.1. The van der Waals surface area contributed by atoms with Gasteiger partial charge in [-0.1, -0.05) is 75.2 Å². The predicted molar refractivity (Wildman–Crippen MR) is 214 cm³/mol. The lowest BCUT2D eigenvalue weighted by molar-refractivity contribution is -0.131. The molecule has 4 rings (SSSR count). The van der Waals surface area contributed by atoms with Crippen LogP contribution in [0.2, 0.25) is 0 Å². The molecule has 0 heterocycles. The van der Waals surface area contributed by atoms with Gasteiger partial charge in [0.25, 0.3) is 0 Å². The van der Waals surface area contributed by atoms with E-state index >= 15 is 0 Å². The average Bonchev–Trinajstić information content (AvgIpc) is 3.14. The van der Waals surface area contributed by atoms with Crippen LogP contribution in [0.5, 0.6) is 34.5 Å². The summed E-state index contributed by atoms with van der Waals surface area (Å²) in [6, 6.07) is 18.7. The molecule has 54 heavy (non-hydrogen) atoms. The van der Waals surface area contributed by atoms with Crippen molar-refractivity contribution in [1.29, 1.82) is 0 Å². The molecule has 0 aliphatic heterocycles. The Hall–Kier alpha value is -5.90. The molecule has 0 fully saturated rings. The number of carboxylic acids is 2. The van der Waals surface area contributed by atoms with Crippen LogP contribution in [0.25, 0.3) is 23.3 Å². The number of aryl methyl sites for hydroxylation is 2. The van der Waals surface area contributed by atoms with E-state index < -0.39 is 11.9 Å². The maximum atomic E-state index is 12.1. The van der Waals surface area contributed by atoms with E-state index in [9.17, 15) is 19.8 Å². The van der Waals surface area contributed by atoms with Crippen molar-refractivity contribution < 1.29 is 48.2 Å². The van der Waals surface area contributed by atoms with E-state index in [1.54, 1.807) is 36.4 Å². The van der Waals surface area contributed by atoms with Crippen LogP contribution >= 0.6 is 0 Å². The molecule has 10 heteroatoms. The Labute approximate surface area is 318 Å². The van der Waals surface area contributed by atoms with E-state index in [2.05, 4.69) is 0 Å². The van der Waals surface area contributed by atoms with Gasteiger partial charge in [0, 0.05) is 0 Å². The van der Waals surface area contributed by atoms with Crippen molar-refractivity contribution in [2.24, 2.45) is 0 Å². The first kappa shape index (κ1) is 42.5. The van der Waals surface area contributed by atoms with Crippen molar-refractivity contribution in [1.82, 2.24) is 0 Å². The van der Waals surface area contributed by atoms with Gasteiger partial charge in [-0.2, -0.15) is 0 Å². The largest absolute Gasteiger partial charge is 0.493 e. The van der Waals surface area contributed by atoms with Gasteiger partial charge in [-0.05, 0) is 95.5 Å². The Balaban J connectivity index is 0.000000290. The van der Waals surface area contributed by atoms with Crippen LogP contribution < -0.4 is 28.4 Å². The number of ether oxygens (including phenoxy) is 6. The standard InChI is InChI=1S/2C22H26O5/c2*1-13(2)16-8-7-14(3)9-17(16)18(22(23)24)10-15-11-19(25-4)21(27-6)20(12-15)26-5/h2*7-13H,1-6H3,(H,23,24)/b2*18-10+. The molecule has 4 aromatic carbocycles. The summed E-state index contributed by atoms with van der Waals surface area (Å²) in [4.78, 5) is 24.1. The van der Waals surface area contributed by atoms with E-state index in [1.807, 2.05) is 77.9 Å². The Kier molecular flexibility index (Phi) is 15.2. The van der Waals surface area contributed by atoms with Gasteiger partial charge in [-0.25, -0.2) is 9.59 Å². The summed E-state index contributed by atoms with van der Waals surface area (Å²) in [5.41, 5.74) is 7.16. The highest BCUT2D eigenvalue weighted by Gasteiger charge is 2.21. The summed E-state index contributed by atoms with van der Waals surface area (Å²) >= 11 is 0. The molecule has 2 N–H and O–H groups in total. The van der Waals surface area contributed by atoms with Crippen molar-refractivity contribution in [2.75, 3.05) is 42.7 Å². The zero-order chi connectivity index (χ0) is 40.3. The highest BCUT2D eigenvalue weighted by atomic mass is 16.5. The Morgan fingerprint density at radius 1 is 0.500 bits per heavy atom. The number of hydrogen-bond donors (Lipinski definition) is 2. The minimum Gasteiger partial charge on any atom is -0.493 e. The van der Waals surface area contributed by atoms with Gasteiger partial charge in [-0.15, -0.1) is 0 Å². The molecule has 0 saturated carbocycles. The first-order valence-corrected chi connectivity index (χ1v) is 17.4. The summed E-state index contributed by atoms with van der Waals surface area (Å²) in [6.45, 7) is 12.1. The third-order valence-corrected chi connectivity index (χ3v) is 8.70. The lowest BCUT2D eigenvalue weighted by Crippen LogP contribution is -2.05. The van der Waals surface area contributed by atoms with E-state index in [0.29, 0.717) is 56.8 Å². The van der Waals surface area contributed by atoms with Crippen molar-refractivity contribution in [3.63, 3.8) is 0 Å². The van der Waals surface area contributed by atoms with E-state index in [1.165, 1.54) is 42.7 Å². The lowest BCUT2D eigenvalue weighted by Gasteiger charge is -2.16. The topological polar surface area (TPSA) is 130 Å². The Bertz CT molecular complexity index is 1820. The highest BCUT2D eigenvalue weighted by molar-refractivity contribution is 6.22. The number of carboxylic acid groups (broad SMARTS) is 2. The molecular weight excluding hydrogens is 688 g/mol. The molecule has 0 aliphatic rings. The Morgan fingerprint density at radius 3 is 1.02 bits per heavy atom. The fraction of sp³-hybridized carbons (Fsp3) is 0.318. The van der Waals surface area contributed by atoms with Gasteiger partial charge < -0.3 is 38.6 Å². The zero-order valence-electron chi connectivity index (χ0n) is 33.2. The van der Waals surface area contributed by atoms with Crippen LogP contribution in [-0.4, -0.2) is 64.8 Å². The number of benzene rings is 4. The molecule has 0 spiro atoms. The molecule has 0 radical (unpaired) electrons. The van der Waals surface area contributed by atoms with Gasteiger partial charge in [0.2, 0.25) is 11.5 Å². The zero-order valence-corrected chi connectivity index (χ0v) is 33.2. The summed E-state index contributed by atoms with van der Waals surface area (Å²) < 4.78 is 32.1. The van der Waals surface area contributed by atoms with Crippen molar-refractivity contribution >= 4 is 35.2 Å². The van der Waals surface area contributed by atoms with Crippen LogP contribution in [0.1, 0.15) is 84.0 Å². The van der Waals surface area contributed by atoms with Crippen LogP contribution in [0, 0.1) is 13.8 Å².